The number of carbonyl (C=O) groups is 2. The zero-order valence-electron chi connectivity index (χ0n) is 16.8. The molecule has 0 bridgehead atoms. The van der Waals surface area contributed by atoms with E-state index in [2.05, 4.69) is 0 Å². The smallest absolute Gasteiger partial charge is 0.315 e. The molecule has 32 heavy (non-hydrogen) atoms. The summed E-state index contributed by atoms with van der Waals surface area (Å²) in [5.74, 6) is -2.28. The molecule has 2 aromatic carbocycles. The van der Waals surface area contributed by atoms with Gasteiger partial charge in [0, 0.05) is 68.5 Å². The van der Waals surface area contributed by atoms with Crippen molar-refractivity contribution < 1.29 is 29.6 Å². The van der Waals surface area contributed by atoms with E-state index in [-0.39, 0.29) is 23.6 Å². The Morgan fingerprint density at radius 3 is 2.09 bits per heavy atom. The zero-order chi connectivity index (χ0) is 23.4. The lowest BCUT2D eigenvalue weighted by Crippen LogP contribution is -2.49. The van der Waals surface area contributed by atoms with Gasteiger partial charge in [-0.2, -0.15) is 0 Å². The highest BCUT2D eigenvalue weighted by Crippen LogP contribution is 2.36. The molecule has 2 N–H and O–H groups in total. The fourth-order valence-corrected chi connectivity index (χ4v) is 3.39. The van der Waals surface area contributed by atoms with Crippen molar-refractivity contribution in [2.75, 3.05) is 32.7 Å². The molecule has 2 aromatic rings. The normalized spacial score (nSPS) is 14.2. The number of phenolic OH excluding ortho intramolecular Hbond substituents is 2. The molecule has 3 rings (SSSR count). The van der Waals surface area contributed by atoms with Crippen molar-refractivity contribution in [3.63, 3.8) is 0 Å². The predicted molar refractivity (Wildman–Crippen MR) is 111 cm³/mol. The van der Waals surface area contributed by atoms with Crippen LogP contribution in [0.1, 0.15) is 27.1 Å². The first kappa shape index (κ1) is 22.6. The number of aromatic hydroxyl groups is 2. The van der Waals surface area contributed by atoms with E-state index in [0.29, 0.717) is 38.3 Å². The second-order valence-corrected chi connectivity index (χ2v) is 7.23. The third-order valence-electron chi connectivity index (χ3n) is 5.23. The molecule has 12 heteroatoms. The topological polar surface area (TPSA) is 167 Å². The summed E-state index contributed by atoms with van der Waals surface area (Å²) in [5, 5.41) is 40.8. The molecule has 1 aliphatic rings. The minimum absolute atomic E-state index is 0.0394. The number of hydrogen-bond donors (Lipinski definition) is 2. The molecule has 0 aliphatic carbocycles. The Morgan fingerprint density at radius 2 is 1.53 bits per heavy atom. The van der Waals surface area contributed by atoms with Crippen LogP contribution in [-0.2, 0) is 0 Å². The Kier molecular flexibility index (Phi) is 6.64. The van der Waals surface area contributed by atoms with Gasteiger partial charge in [-0.05, 0) is 18.2 Å². The number of phenols is 2. The van der Waals surface area contributed by atoms with E-state index in [1.165, 1.54) is 24.3 Å². The van der Waals surface area contributed by atoms with Gasteiger partial charge < -0.3 is 15.1 Å². The molecular formula is C20H20N4O8. The number of nitrogens with zero attached hydrogens (tertiary/aromatic N) is 4. The first-order chi connectivity index (χ1) is 15.2. The third kappa shape index (κ3) is 4.98. The summed E-state index contributed by atoms with van der Waals surface area (Å²) in [7, 11) is 0. The largest absolute Gasteiger partial charge is 0.504 e. The number of ketones is 1. The summed E-state index contributed by atoms with van der Waals surface area (Å²) >= 11 is 0. The van der Waals surface area contributed by atoms with Crippen molar-refractivity contribution in [2.45, 2.75) is 6.42 Å². The molecule has 1 saturated heterocycles. The molecule has 0 saturated carbocycles. The van der Waals surface area contributed by atoms with Gasteiger partial charge in [0.05, 0.1) is 9.85 Å². The van der Waals surface area contributed by atoms with Crippen LogP contribution in [0.3, 0.4) is 0 Å². The van der Waals surface area contributed by atoms with Crippen LogP contribution in [0, 0.1) is 20.2 Å². The fourth-order valence-electron chi connectivity index (χ4n) is 3.39. The van der Waals surface area contributed by atoms with Gasteiger partial charge in [0.2, 0.25) is 5.75 Å². The molecule has 0 radical (unpaired) electrons. The van der Waals surface area contributed by atoms with E-state index in [0.717, 1.165) is 12.1 Å². The SMILES string of the molecule is O=C(CCN1CCN(C(=O)c2ccc([N+](=O)[O-])cc2)CC1)c1cc(O)c(O)c([N+](=O)[O-])c1. The highest BCUT2D eigenvalue weighted by atomic mass is 16.6. The molecule has 12 nitrogen and oxygen atoms in total. The van der Waals surface area contributed by atoms with E-state index in [4.69, 9.17) is 0 Å². The van der Waals surface area contributed by atoms with Gasteiger partial charge >= 0.3 is 5.69 Å². The number of nitro groups is 2. The van der Waals surface area contributed by atoms with Crippen molar-refractivity contribution in [2.24, 2.45) is 0 Å². The van der Waals surface area contributed by atoms with Gasteiger partial charge in [0.15, 0.2) is 11.5 Å². The average Bonchev–Trinajstić information content (AvgIpc) is 2.78. The predicted octanol–water partition coefficient (Wildman–Crippen LogP) is 1.95. The second-order valence-electron chi connectivity index (χ2n) is 7.23. The summed E-state index contributed by atoms with van der Waals surface area (Å²) < 4.78 is 0. The lowest BCUT2D eigenvalue weighted by Gasteiger charge is -2.34. The molecular weight excluding hydrogens is 424 g/mol. The van der Waals surface area contributed by atoms with Crippen LogP contribution in [0.4, 0.5) is 11.4 Å². The molecule has 0 unspecified atom stereocenters. The molecule has 1 amide bonds. The minimum atomic E-state index is -0.889. The number of piperazine rings is 1. The number of amides is 1. The van der Waals surface area contributed by atoms with Crippen LogP contribution in [0.15, 0.2) is 36.4 Å². The average molecular weight is 444 g/mol. The van der Waals surface area contributed by atoms with Gasteiger partial charge in [0.25, 0.3) is 11.6 Å². The Hall–Kier alpha value is -4.06. The van der Waals surface area contributed by atoms with Gasteiger partial charge in [-0.1, -0.05) is 0 Å². The standard InChI is InChI=1S/C20H20N4O8/c25-17(14-11-16(24(31)32)19(27)18(26)12-14)5-6-21-7-9-22(10-8-21)20(28)13-1-3-15(4-2-13)23(29)30/h1-4,11-12,26-27H,5-10H2. The Morgan fingerprint density at radius 1 is 0.906 bits per heavy atom. The minimum Gasteiger partial charge on any atom is -0.504 e. The Labute approximate surface area is 181 Å². The molecule has 0 spiro atoms. The zero-order valence-corrected chi connectivity index (χ0v) is 16.8. The summed E-state index contributed by atoms with van der Waals surface area (Å²) in [6, 6.07) is 7.31. The molecule has 168 valence electrons. The molecule has 1 fully saturated rings. The number of nitro benzene ring substituents is 2. The van der Waals surface area contributed by atoms with Crippen LogP contribution in [-0.4, -0.2) is 74.3 Å². The quantitative estimate of drug-likeness (QED) is 0.281. The van der Waals surface area contributed by atoms with Crippen molar-refractivity contribution in [3.05, 3.63) is 67.8 Å². The van der Waals surface area contributed by atoms with Crippen molar-refractivity contribution in [1.29, 1.82) is 0 Å². The first-order valence-corrected chi connectivity index (χ1v) is 9.67. The Balaban J connectivity index is 1.53. The van der Waals surface area contributed by atoms with E-state index in [9.17, 15) is 40.0 Å². The monoisotopic (exact) mass is 444 g/mol. The molecule has 0 aromatic heterocycles. The van der Waals surface area contributed by atoms with Crippen molar-refractivity contribution >= 4 is 23.1 Å². The van der Waals surface area contributed by atoms with Crippen molar-refractivity contribution in [3.8, 4) is 11.5 Å². The highest BCUT2D eigenvalue weighted by Gasteiger charge is 2.24. The van der Waals surface area contributed by atoms with Gasteiger partial charge in [0.1, 0.15) is 0 Å². The van der Waals surface area contributed by atoms with Gasteiger partial charge in [-0.15, -0.1) is 0 Å². The van der Waals surface area contributed by atoms with Crippen LogP contribution < -0.4 is 0 Å². The van der Waals surface area contributed by atoms with Crippen LogP contribution in [0.2, 0.25) is 0 Å². The maximum absolute atomic E-state index is 12.6. The van der Waals surface area contributed by atoms with E-state index >= 15 is 0 Å². The molecule has 1 heterocycles. The second kappa shape index (κ2) is 9.39. The molecule has 1 aliphatic heterocycles. The maximum atomic E-state index is 12.6. The lowest BCUT2D eigenvalue weighted by atomic mass is 10.1. The Bertz CT molecular complexity index is 1060. The van der Waals surface area contributed by atoms with Crippen LogP contribution in [0.5, 0.6) is 11.5 Å². The van der Waals surface area contributed by atoms with E-state index in [1.807, 2.05) is 4.90 Å². The highest BCUT2D eigenvalue weighted by molar-refractivity contribution is 5.97. The number of Topliss-reactive ketones (excluding diaryl/α,β-unsaturated/α-hetero) is 1. The van der Waals surface area contributed by atoms with Gasteiger partial charge in [-0.25, -0.2) is 0 Å². The number of benzene rings is 2. The number of rotatable bonds is 7. The first-order valence-electron chi connectivity index (χ1n) is 9.67. The van der Waals surface area contributed by atoms with E-state index < -0.39 is 32.8 Å². The number of non-ortho nitro benzene ring substituents is 1. The van der Waals surface area contributed by atoms with E-state index in [1.54, 1.807) is 4.90 Å². The van der Waals surface area contributed by atoms with Crippen LogP contribution >= 0.6 is 0 Å². The third-order valence-corrected chi connectivity index (χ3v) is 5.23. The van der Waals surface area contributed by atoms with Gasteiger partial charge in [-0.3, -0.25) is 34.7 Å². The number of hydrogen-bond acceptors (Lipinski definition) is 9. The fraction of sp³-hybridized carbons (Fsp3) is 0.300. The summed E-state index contributed by atoms with van der Waals surface area (Å²) in [6.07, 6.45) is 0.0394. The maximum Gasteiger partial charge on any atom is 0.315 e. The summed E-state index contributed by atoms with van der Waals surface area (Å²) in [5.41, 5.74) is -0.554. The van der Waals surface area contributed by atoms with Crippen molar-refractivity contribution in [1.82, 2.24) is 9.80 Å². The molecule has 0 atom stereocenters. The summed E-state index contributed by atoms with van der Waals surface area (Å²) in [4.78, 5) is 48.8. The van der Waals surface area contributed by atoms with Crippen LogP contribution in [0.25, 0.3) is 0 Å². The lowest BCUT2D eigenvalue weighted by molar-refractivity contribution is -0.386. The number of carbonyl (C=O) groups excluding carboxylic acids is 2. The summed E-state index contributed by atoms with van der Waals surface area (Å²) in [6.45, 7) is 2.19.